The zero-order chi connectivity index (χ0) is 12.3. The molecule has 0 unspecified atom stereocenters. The minimum atomic E-state index is -0.548. The molecule has 0 N–H and O–H groups in total. The number of rotatable bonds is 3. The van der Waals surface area contributed by atoms with Crippen LogP contribution in [0.15, 0.2) is 30.6 Å². The van der Waals surface area contributed by atoms with Gasteiger partial charge in [-0.2, -0.15) is 10.4 Å². The lowest BCUT2D eigenvalue weighted by Crippen LogP contribution is -1.94. The van der Waals surface area contributed by atoms with Crippen LogP contribution in [-0.2, 0) is 6.54 Å². The molecular weight excluding hydrogens is 221 g/mol. The largest absolute Gasteiger partial charge is 0.298 e. The molecule has 0 radical (unpaired) electrons. The van der Waals surface area contributed by atoms with Gasteiger partial charge in [-0.05, 0) is 17.7 Å². The minimum Gasteiger partial charge on any atom is -0.298 e. The second-order valence-electron chi connectivity index (χ2n) is 3.44. The molecular formula is C12H8FN3O. The van der Waals surface area contributed by atoms with Gasteiger partial charge in [0, 0.05) is 11.8 Å². The maximum Gasteiger partial charge on any atom is 0.153 e. The predicted octanol–water partition coefficient (Wildman–Crippen LogP) is 2.03. The molecule has 0 spiro atoms. The first-order chi connectivity index (χ1) is 8.24. The van der Waals surface area contributed by atoms with Crippen molar-refractivity contribution in [2.24, 2.45) is 0 Å². The molecule has 1 aromatic heterocycles. The number of nitriles is 1. The summed E-state index contributed by atoms with van der Waals surface area (Å²) in [4.78, 5) is 10.6. The lowest BCUT2D eigenvalue weighted by molar-refractivity contribution is 0.112. The molecule has 0 saturated carbocycles. The third-order valence-corrected chi connectivity index (χ3v) is 2.32. The highest BCUT2D eigenvalue weighted by Gasteiger charge is 2.06. The standard InChI is InChI=1S/C12H8FN3O/c13-12-2-1-9(5-10(12)8-17)11-6-15-16(7-11)4-3-14/h1-2,5-8H,4H2. The van der Waals surface area contributed by atoms with Gasteiger partial charge in [0.05, 0.1) is 17.8 Å². The normalized spacial score (nSPS) is 9.88. The van der Waals surface area contributed by atoms with Crippen LogP contribution >= 0.6 is 0 Å². The average Bonchev–Trinajstić information content (AvgIpc) is 2.79. The predicted molar refractivity (Wildman–Crippen MR) is 58.6 cm³/mol. The Hall–Kier alpha value is -2.48. The summed E-state index contributed by atoms with van der Waals surface area (Å²) in [7, 11) is 0. The number of halogens is 1. The van der Waals surface area contributed by atoms with Gasteiger partial charge in [0.15, 0.2) is 6.29 Å². The van der Waals surface area contributed by atoms with Crippen LogP contribution in [0.3, 0.4) is 0 Å². The summed E-state index contributed by atoms with van der Waals surface area (Å²) in [6.45, 7) is 0.154. The van der Waals surface area contributed by atoms with Gasteiger partial charge in [0.2, 0.25) is 0 Å². The Morgan fingerprint density at radius 2 is 2.29 bits per heavy atom. The Morgan fingerprint density at radius 1 is 1.47 bits per heavy atom. The van der Waals surface area contributed by atoms with E-state index in [1.165, 1.54) is 16.8 Å². The van der Waals surface area contributed by atoms with Gasteiger partial charge >= 0.3 is 0 Å². The zero-order valence-corrected chi connectivity index (χ0v) is 8.80. The SMILES string of the molecule is N#CCn1cc(-c2ccc(F)c(C=O)c2)cn1. The molecule has 0 fully saturated rings. The first-order valence-electron chi connectivity index (χ1n) is 4.89. The van der Waals surface area contributed by atoms with Crippen molar-refractivity contribution in [1.82, 2.24) is 9.78 Å². The maximum atomic E-state index is 13.1. The van der Waals surface area contributed by atoms with Gasteiger partial charge in [-0.25, -0.2) is 4.39 Å². The van der Waals surface area contributed by atoms with Crippen molar-refractivity contribution in [3.8, 4) is 17.2 Å². The highest BCUT2D eigenvalue weighted by Crippen LogP contribution is 2.20. The number of aromatic nitrogens is 2. The molecule has 0 bridgehead atoms. The molecule has 2 rings (SSSR count). The lowest BCUT2D eigenvalue weighted by atomic mass is 10.1. The summed E-state index contributed by atoms with van der Waals surface area (Å²) in [6, 6.07) is 6.22. The molecule has 0 aliphatic heterocycles. The van der Waals surface area contributed by atoms with Crippen molar-refractivity contribution in [3.63, 3.8) is 0 Å². The maximum absolute atomic E-state index is 13.1. The van der Waals surface area contributed by atoms with Crippen molar-refractivity contribution >= 4 is 6.29 Å². The molecule has 1 heterocycles. The van der Waals surface area contributed by atoms with Crippen LogP contribution < -0.4 is 0 Å². The molecule has 0 amide bonds. The van der Waals surface area contributed by atoms with Gasteiger partial charge < -0.3 is 0 Å². The summed E-state index contributed by atoms with van der Waals surface area (Å²) < 4.78 is 14.6. The van der Waals surface area contributed by atoms with E-state index in [-0.39, 0.29) is 12.1 Å². The topological polar surface area (TPSA) is 58.7 Å². The molecule has 1 aromatic carbocycles. The van der Waals surface area contributed by atoms with Crippen LogP contribution in [0.25, 0.3) is 11.1 Å². The molecule has 17 heavy (non-hydrogen) atoms. The van der Waals surface area contributed by atoms with E-state index in [2.05, 4.69) is 5.10 Å². The number of carbonyl (C=O) groups excluding carboxylic acids is 1. The molecule has 0 saturated heterocycles. The van der Waals surface area contributed by atoms with E-state index < -0.39 is 5.82 Å². The van der Waals surface area contributed by atoms with Crippen LogP contribution in [-0.4, -0.2) is 16.1 Å². The fourth-order valence-corrected chi connectivity index (χ4v) is 1.49. The quantitative estimate of drug-likeness (QED) is 0.756. The van der Waals surface area contributed by atoms with E-state index in [4.69, 9.17) is 5.26 Å². The van der Waals surface area contributed by atoms with Crippen molar-refractivity contribution in [2.45, 2.75) is 6.54 Å². The Morgan fingerprint density at radius 3 is 3.00 bits per heavy atom. The highest BCUT2D eigenvalue weighted by molar-refractivity contribution is 5.79. The first kappa shape index (κ1) is 11.0. The number of hydrogen-bond acceptors (Lipinski definition) is 3. The first-order valence-corrected chi connectivity index (χ1v) is 4.89. The van der Waals surface area contributed by atoms with E-state index in [0.29, 0.717) is 11.8 Å². The van der Waals surface area contributed by atoms with E-state index in [1.54, 1.807) is 18.5 Å². The summed E-state index contributed by atoms with van der Waals surface area (Å²) >= 11 is 0. The van der Waals surface area contributed by atoms with E-state index >= 15 is 0 Å². The highest BCUT2D eigenvalue weighted by atomic mass is 19.1. The monoisotopic (exact) mass is 229 g/mol. The smallest absolute Gasteiger partial charge is 0.153 e. The van der Waals surface area contributed by atoms with Crippen molar-refractivity contribution in [1.29, 1.82) is 5.26 Å². The zero-order valence-electron chi connectivity index (χ0n) is 8.80. The molecule has 0 aliphatic rings. The molecule has 2 aromatic rings. The number of benzene rings is 1. The van der Waals surface area contributed by atoms with Gasteiger partial charge in [-0.1, -0.05) is 6.07 Å². The van der Waals surface area contributed by atoms with Gasteiger partial charge in [-0.3, -0.25) is 9.48 Å². The fourth-order valence-electron chi connectivity index (χ4n) is 1.49. The van der Waals surface area contributed by atoms with Gasteiger partial charge in [-0.15, -0.1) is 0 Å². The van der Waals surface area contributed by atoms with Gasteiger partial charge in [0.1, 0.15) is 12.4 Å². The Labute approximate surface area is 96.9 Å². The Balaban J connectivity index is 2.39. The number of hydrogen-bond donors (Lipinski definition) is 0. The summed E-state index contributed by atoms with van der Waals surface area (Å²) in [5.74, 6) is -0.548. The van der Waals surface area contributed by atoms with Crippen LogP contribution in [0, 0.1) is 17.1 Å². The van der Waals surface area contributed by atoms with E-state index in [0.717, 1.165) is 5.56 Å². The van der Waals surface area contributed by atoms with Crippen molar-refractivity contribution in [2.75, 3.05) is 0 Å². The Bertz CT molecular complexity index is 598. The third kappa shape index (κ3) is 2.21. The van der Waals surface area contributed by atoms with Crippen LogP contribution in [0.4, 0.5) is 4.39 Å². The molecule has 0 atom stereocenters. The second-order valence-corrected chi connectivity index (χ2v) is 3.44. The van der Waals surface area contributed by atoms with Crippen molar-refractivity contribution < 1.29 is 9.18 Å². The Kier molecular flexibility index (Phi) is 2.97. The average molecular weight is 229 g/mol. The third-order valence-electron chi connectivity index (χ3n) is 2.32. The van der Waals surface area contributed by atoms with Crippen molar-refractivity contribution in [3.05, 3.63) is 42.0 Å². The molecule has 84 valence electrons. The van der Waals surface area contributed by atoms with Gasteiger partial charge in [0.25, 0.3) is 0 Å². The lowest BCUT2D eigenvalue weighted by Gasteiger charge is -1.99. The molecule has 0 aliphatic carbocycles. The van der Waals surface area contributed by atoms with E-state index in [9.17, 15) is 9.18 Å². The minimum absolute atomic E-state index is 0.00975. The van der Waals surface area contributed by atoms with Crippen LogP contribution in [0.5, 0.6) is 0 Å². The van der Waals surface area contributed by atoms with Crippen LogP contribution in [0.2, 0.25) is 0 Å². The summed E-state index contributed by atoms with van der Waals surface area (Å²) in [6.07, 6.45) is 3.71. The number of aldehydes is 1. The molecule has 4 nitrogen and oxygen atoms in total. The summed E-state index contributed by atoms with van der Waals surface area (Å²) in [5, 5.41) is 12.5. The number of nitrogens with zero attached hydrogens (tertiary/aromatic N) is 3. The number of carbonyl (C=O) groups is 1. The van der Waals surface area contributed by atoms with E-state index in [1.807, 2.05) is 6.07 Å². The fraction of sp³-hybridized carbons (Fsp3) is 0.0833. The van der Waals surface area contributed by atoms with Crippen LogP contribution in [0.1, 0.15) is 10.4 Å². The summed E-state index contributed by atoms with van der Waals surface area (Å²) in [5.41, 5.74) is 1.44. The molecule has 5 heteroatoms. The second kappa shape index (κ2) is 4.58.